The SMILES string of the molecule is CCC(NC)c1ccc(-c2cccc(C)c2Br)s1. The number of aryl methyl sites for hydroxylation is 1. The fourth-order valence-electron chi connectivity index (χ4n) is 2.07. The van der Waals surface area contributed by atoms with Gasteiger partial charge in [-0.25, -0.2) is 0 Å². The third kappa shape index (κ3) is 2.68. The van der Waals surface area contributed by atoms with Crippen molar-refractivity contribution in [1.29, 1.82) is 0 Å². The maximum atomic E-state index is 3.69. The highest BCUT2D eigenvalue weighted by molar-refractivity contribution is 9.10. The second-order valence-corrected chi connectivity index (χ2v) is 6.30. The van der Waals surface area contributed by atoms with Crippen molar-refractivity contribution in [1.82, 2.24) is 5.32 Å². The van der Waals surface area contributed by atoms with Gasteiger partial charge in [0.25, 0.3) is 0 Å². The Bertz CT molecular complexity index is 529. The first-order valence-electron chi connectivity index (χ1n) is 6.19. The lowest BCUT2D eigenvalue weighted by Gasteiger charge is -2.11. The van der Waals surface area contributed by atoms with Gasteiger partial charge in [-0.1, -0.05) is 25.1 Å². The van der Waals surface area contributed by atoms with Crippen molar-refractivity contribution in [2.45, 2.75) is 26.3 Å². The lowest BCUT2D eigenvalue weighted by atomic mass is 10.1. The van der Waals surface area contributed by atoms with Crippen LogP contribution in [0.3, 0.4) is 0 Å². The fraction of sp³-hybridized carbons (Fsp3) is 0.333. The minimum atomic E-state index is 0.465. The third-order valence-electron chi connectivity index (χ3n) is 3.18. The quantitative estimate of drug-likeness (QED) is 0.819. The second kappa shape index (κ2) is 6.00. The molecule has 0 fully saturated rings. The number of benzene rings is 1. The predicted molar refractivity (Wildman–Crippen MR) is 84.3 cm³/mol. The van der Waals surface area contributed by atoms with E-state index in [4.69, 9.17) is 0 Å². The van der Waals surface area contributed by atoms with E-state index in [1.165, 1.54) is 25.4 Å². The minimum Gasteiger partial charge on any atom is -0.312 e. The van der Waals surface area contributed by atoms with Crippen LogP contribution in [0.4, 0.5) is 0 Å². The maximum absolute atomic E-state index is 3.69. The summed E-state index contributed by atoms with van der Waals surface area (Å²) in [7, 11) is 2.02. The molecule has 0 saturated carbocycles. The Labute approximate surface area is 121 Å². The summed E-state index contributed by atoms with van der Waals surface area (Å²) in [4.78, 5) is 2.73. The molecule has 96 valence electrons. The molecule has 0 aliphatic rings. The van der Waals surface area contributed by atoms with Crippen LogP contribution in [0, 0.1) is 6.92 Å². The van der Waals surface area contributed by atoms with Crippen LogP contribution < -0.4 is 5.32 Å². The Kier molecular flexibility index (Phi) is 4.60. The molecule has 1 N–H and O–H groups in total. The molecule has 1 aromatic carbocycles. The fourth-order valence-corrected chi connectivity index (χ4v) is 3.91. The van der Waals surface area contributed by atoms with Gasteiger partial charge in [0.2, 0.25) is 0 Å². The van der Waals surface area contributed by atoms with Crippen molar-refractivity contribution >= 4 is 27.3 Å². The second-order valence-electron chi connectivity index (χ2n) is 4.39. The summed E-state index contributed by atoms with van der Waals surface area (Å²) in [6.07, 6.45) is 1.12. The van der Waals surface area contributed by atoms with Gasteiger partial charge in [-0.2, -0.15) is 0 Å². The summed E-state index contributed by atoms with van der Waals surface area (Å²) in [6.45, 7) is 4.34. The first-order valence-corrected chi connectivity index (χ1v) is 7.80. The molecule has 0 aliphatic carbocycles. The van der Waals surface area contributed by atoms with E-state index in [0.717, 1.165) is 6.42 Å². The average molecular weight is 324 g/mol. The molecule has 0 aliphatic heterocycles. The zero-order valence-corrected chi connectivity index (χ0v) is 13.4. The molecule has 0 bridgehead atoms. The van der Waals surface area contributed by atoms with Crippen LogP contribution in [0.5, 0.6) is 0 Å². The van der Waals surface area contributed by atoms with Crippen molar-refractivity contribution in [3.8, 4) is 10.4 Å². The summed E-state index contributed by atoms with van der Waals surface area (Å²) >= 11 is 5.56. The first-order chi connectivity index (χ1) is 8.67. The van der Waals surface area contributed by atoms with Gasteiger partial charge in [-0.3, -0.25) is 0 Å². The van der Waals surface area contributed by atoms with Crippen LogP contribution in [-0.2, 0) is 0 Å². The van der Waals surface area contributed by atoms with E-state index in [1.807, 2.05) is 18.4 Å². The van der Waals surface area contributed by atoms with Gasteiger partial charge < -0.3 is 5.32 Å². The van der Waals surface area contributed by atoms with E-state index in [0.29, 0.717) is 6.04 Å². The van der Waals surface area contributed by atoms with Crippen molar-refractivity contribution in [3.63, 3.8) is 0 Å². The minimum absolute atomic E-state index is 0.465. The van der Waals surface area contributed by atoms with E-state index in [-0.39, 0.29) is 0 Å². The number of hydrogen-bond donors (Lipinski definition) is 1. The number of rotatable bonds is 4. The van der Waals surface area contributed by atoms with Gasteiger partial charge in [-0.15, -0.1) is 11.3 Å². The zero-order chi connectivity index (χ0) is 13.1. The number of hydrogen-bond acceptors (Lipinski definition) is 2. The molecule has 0 spiro atoms. The number of halogens is 1. The van der Waals surface area contributed by atoms with Crippen LogP contribution in [0.2, 0.25) is 0 Å². The van der Waals surface area contributed by atoms with Crippen LogP contribution in [0.1, 0.15) is 29.8 Å². The van der Waals surface area contributed by atoms with Gasteiger partial charge in [0.15, 0.2) is 0 Å². The maximum Gasteiger partial charge on any atom is 0.0409 e. The lowest BCUT2D eigenvalue weighted by molar-refractivity contribution is 0.586. The Hall–Kier alpha value is -0.640. The molecule has 2 rings (SSSR count). The van der Waals surface area contributed by atoms with E-state index in [1.54, 1.807) is 0 Å². The van der Waals surface area contributed by atoms with Crippen molar-refractivity contribution in [3.05, 3.63) is 45.2 Å². The first kappa shape index (κ1) is 13.8. The Morgan fingerprint density at radius 1 is 1.28 bits per heavy atom. The van der Waals surface area contributed by atoms with Crippen LogP contribution in [0.25, 0.3) is 10.4 Å². The molecule has 1 unspecified atom stereocenters. The van der Waals surface area contributed by atoms with Crippen molar-refractivity contribution in [2.24, 2.45) is 0 Å². The molecule has 1 nitrogen and oxygen atoms in total. The Morgan fingerprint density at radius 3 is 2.72 bits per heavy atom. The summed E-state index contributed by atoms with van der Waals surface area (Å²) in [5.74, 6) is 0. The van der Waals surface area contributed by atoms with Gasteiger partial charge in [0.1, 0.15) is 0 Å². The van der Waals surface area contributed by atoms with Crippen molar-refractivity contribution in [2.75, 3.05) is 7.05 Å². The molecule has 18 heavy (non-hydrogen) atoms. The monoisotopic (exact) mass is 323 g/mol. The molecule has 0 amide bonds. The number of thiophene rings is 1. The normalized spacial score (nSPS) is 12.7. The van der Waals surface area contributed by atoms with E-state index in [2.05, 4.69) is 65.4 Å². The summed E-state index contributed by atoms with van der Waals surface area (Å²) < 4.78 is 1.20. The zero-order valence-electron chi connectivity index (χ0n) is 11.0. The van der Waals surface area contributed by atoms with E-state index >= 15 is 0 Å². The average Bonchev–Trinajstić information content (AvgIpc) is 2.84. The van der Waals surface area contributed by atoms with Gasteiger partial charge in [-0.05, 0) is 54.0 Å². The largest absolute Gasteiger partial charge is 0.312 e. The summed E-state index contributed by atoms with van der Waals surface area (Å²) in [6, 6.07) is 11.3. The molecule has 1 aromatic heterocycles. The molecule has 3 heteroatoms. The van der Waals surface area contributed by atoms with Gasteiger partial charge in [0.05, 0.1) is 0 Å². The highest BCUT2D eigenvalue weighted by Crippen LogP contribution is 2.37. The van der Waals surface area contributed by atoms with E-state index in [9.17, 15) is 0 Å². The van der Waals surface area contributed by atoms with Crippen LogP contribution in [0.15, 0.2) is 34.8 Å². The predicted octanol–water partition coefficient (Wildman–Crippen LogP) is 5.16. The van der Waals surface area contributed by atoms with Gasteiger partial charge >= 0.3 is 0 Å². The molecule has 0 radical (unpaired) electrons. The highest BCUT2D eigenvalue weighted by atomic mass is 79.9. The van der Waals surface area contributed by atoms with Crippen LogP contribution in [-0.4, -0.2) is 7.05 Å². The Balaban J connectivity index is 2.38. The molecular formula is C15H18BrNS. The smallest absolute Gasteiger partial charge is 0.0409 e. The van der Waals surface area contributed by atoms with Crippen molar-refractivity contribution < 1.29 is 0 Å². The summed E-state index contributed by atoms with van der Waals surface area (Å²) in [5.41, 5.74) is 2.57. The lowest BCUT2D eigenvalue weighted by Crippen LogP contribution is -2.13. The summed E-state index contributed by atoms with van der Waals surface area (Å²) in [5, 5.41) is 3.36. The standard InChI is InChI=1S/C15H18BrNS/c1-4-12(17-3)14-9-8-13(18-14)11-7-5-6-10(2)15(11)16/h5-9,12,17H,4H2,1-3H3. The highest BCUT2D eigenvalue weighted by Gasteiger charge is 2.12. The topological polar surface area (TPSA) is 12.0 Å². The van der Waals surface area contributed by atoms with Gasteiger partial charge in [0, 0.05) is 25.8 Å². The third-order valence-corrected chi connectivity index (χ3v) is 5.47. The number of nitrogens with one attached hydrogen (secondary N) is 1. The van der Waals surface area contributed by atoms with Crippen LogP contribution >= 0.6 is 27.3 Å². The molecule has 1 atom stereocenters. The molecule has 2 aromatic rings. The molecule has 1 heterocycles. The van der Waals surface area contributed by atoms with E-state index < -0.39 is 0 Å². The molecular weight excluding hydrogens is 306 g/mol. The Morgan fingerprint density at radius 2 is 2.06 bits per heavy atom. The molecule has 0 saturated heterocycles.